The Bertz CT molecular complexity index is 819. The van der Waals surface area contributed by atoms with Crippen molar-refractivity contribution in [1.82, 2.24) is 4.98 Å². The van der Waals surface area contributed by atoms with E-state index in [2.05, 4.69) is 22.4 Å². The lowest BCUT2D eigenvalue weighted by Gasteiger charge is -2.17. The number of para-hydroxylation sites is 1. The van der Waals surface area contributed by atoms with Gasteiger partial charge in [-0.05, 0) is 36.2 Å². The Morgan fingerprint density at radius 2 is 1.68 bits per heavy atom. The molecule has 0 radical (unpaired) electrons. The van der Waals surface area contributed by atoms with Crippen molar-refractivity contribution < 1.29 is 4.79 Å². The first kappa shape index (κ1) is 16.7. The van der Waals surface area contributed by atoms with Crippen molar-refractivity contribution in [3.8, 4) is 0 Å². The molecule has 4 nitrogen and oxygen atoms in total. The molecule has 1 N–H and O–H groups in total. The normalized spacial score (nSPS) is 10.3. The van der Waals surface area contributed by atoms with Gasteiger partial charge in [-0.15, -0.1) is 0 Å². The number of anilines is 2. The zero-order chi connectivity index (χ0) is 17.5. The number of aromatic nitrogens is 1. The quantitative estimate of drug-likeness (QED) is 0.742. The van der Waals surface area contributed by atoms with Crippen molar-refractivity contribution in [2.45, 2.75) is 6.42 Å². The van der Waals surface area contributed by atoms with E-state index in [9.17, 15) is 4.79 Å². The van der Waals surface area contributed by atoms with Crippen molar-refractivity contribution in [3.63, 3.8) is 0 Å². The van der Waals surface area contributed by atoms with E-state index in [-0.39, 0.29) is 5.91 Å². The Labute approximate surface area is 148 Å². The molecule has 3 rings (SSSR count). The van der Waals surface area contributed by atoms with Crippen LogP contribution in [0.3, 0.4) is 0 Å². The van der Waals surface area contributed by atoms with Gasteiger partial charge in [0.05, 0.1) is 0 Å². The Morgan fingerprint density at radius 3 is 2.40 bits per heavy atom. The van der Waals surface area contributed by atoms with Crippen molar-refractivity contribution in [2.75, 3.05) is 23.8 Å². The number of nitrogens with one attached hydrogen (secondary N) is 1. The van der Waals surface area contributed by atoms with Crippen LogP contribution >= 0.6 is 0 Å². The fourth-order valence-electron chi connectivity index (χ4n) is 2.59. The Balaban J connectivity index is 1.63. The molecular formula is C21H21N3O. The summed E-state index contributed by atoms with van der Waals surface area (Å²) in [5.74, 6) is -0.127. The molecule has 0 aliphatic carbocycles. The van der Waals surface area contributed by atoms with Crippen LogP contribution in [-0.2, 0) is 6.42 Å². The minimum Gasteiger partial charge on any atom is -0.385 e. The van der Waals surface area contributed by atoms with Crippen LogP contribution in [0.2, 0.25) is 0 Å². The maximum atomic E-state index is 12.6. The first-order valence-electron chi connectivity index (χ1n) is 8.31. The molecule has 4 heteroatoms. The Hall–Kier alpha value is -3.14. The molecule has 0 aliphatic rings. The fraction of sp³-hybridized carbons (Fsp3) is 0.143. The van der Waals surface area contributed by atoms with Crippen molar-refractivity contribution >= 4 is 17.3 Å². The number of benzene rings is 2. The van der Waals surface area contributed by atoms with Gasteiger partial charge in [0.15, 0.2) is 0 Å². The summed E-state index contributed by atoms with van der Waals surface area (Å²) in [4.78, 5) is 18.5. The van der Waals surface area contributed by atoms with Crippen molar-refractivity contribution in [3.05, 3.63) is 90.3 Å². The molecule has 2 aromatic carbocycles. The molecule has 0 saturated heterocycles. The molecule has 0 unspecified atom stereocenters. The second kappa shape index (κ2) is 8.11. The number of carbonyl (C=O) groups is 1. The highest BCUT2D eigenvalue weighted by atomic mass is 16.2. The van der Waals surface area contributed by atoms with Crippen molar-refractivity contribution in [2.24, 2.45) is 0 Å². The predicted molar refractivity (Wildman–Crippen MR) is 102 cm³/mol. The van der Waals surface area contributed by atoms with Crippen molar-refractivity contribution in [1.29, 1.82) is 0 Å². The molecule has 0 aliphatic heterocycles. The van der Waals surface area contributed by atoms with E-state index in [1.165, 1.54) is 5.56 Å². The van der Waals surface area contributed by atoms with Gasteiger partial charge in [-0.1, -0.05) is 48.5 Å². The van der Waals surface area contributed by atoms with Crippen LogP contribution in [0, 0.1) is 0 Å². The van der Waals surface area contributed by atoms with Gasteiger partial charge in [-0.3, -0.25) is 9.78 Å². The molecule has 126 valence electrons. The number of carbonyl (C=O) groups excluding carboxylic acids is 1. The van der Waals surface area contributed by atoms with Gasteiger partial charge in [-0.2, -0.15) is 0 Å². The lowest BCUT2D eigenvalue weighted by atomic mass is 10.1. The molecule has 0 bridgehead atoms. The van der Waals surface area contributed by atoms with Crippen LogP contribution in [0.1, 0.15) is 16.1 Å². The highest BCUT2D eigenvalue weighted by Gasteiger charge is 2.14. The number of rotatable bonds is 6. The van der Waals surface area contributed by atoms with E-state index in [0.717, 1.165) is 24.3 Å². The third kappa shape index (κ3) is 4.44. The minimum atomic E-state index is -0.127. The third-order valence-corrected chi connectivity index (χ3v) is 4.01. The number of pyridine rings is 1. The lowest BCUT2D eigenvalue weighted by Crippen LogP contribution is -2.27. The third-order valence-electron chi connectivity index (χ3n) is 4.01. The summed E-state index contributed by atoms with van der Waals surface area (Å²) in [6.07, 6.45) is 2.59. The molecule has 0 fully saturated rings. The van der Waals surface area contributed by atoms with E-state index >= 15 is 0 Å². The molecule has 1 heterocycles. The van der Waals surface area contributed by atoms with Gasteiger partial charge >= 0.3 is 0 Å². The summed E-state index contributed by atoms with van der Waals surface area (Å²) in [5, 5.41) is 3.36. The van der Waals surface area contributed by atoms with E-state index < -0.39 is 0 Å². The van der Waals surface area contributed by atoms with E-state index in [1.54, 1.807) is 24.2 Å². The molecule has 0 saturated carbocycles. The van der Waals surface area contributed by atoms with E-state index in [1.807, 2.05) is 54.6 Å². The average molecular weight is 331 g/mol. The van der Waals surface area contributed by atoms with E-state index in [4.69, 9.17) is 0 Å². The molecule has 25 heavy (non-hydrogen) atoms. The fourth-order valence-corrected chi connectivity index (χ4v) is 2.59. The molecule has 1 amide bonds. The molecule has 0 spiro atoms. The van der Waals surface area contributed by atoms with Gasteiger partial charge in [-0.25, -0.2) is 0 Å². The zero-order valence-electron chi connectivity index (χ0n) is 14.2. The highest BCUT2D eigenvalue weighted by molar-refractivity contribution is 6.04. The first-order valence-corrected chi connectivity index (χ1v) is 8.31. The smallest absolute Gasteiger partial charge is 0.276 e. The molecule has 1 aromatic heterocycles. The summed E-state index contributed by atoms with van der Waals surface area (Å²) in [6.45, 7) is 0.802. The lowest BCUT2D eigenvalue weighted by molar-refractivity contribution is 0.0988. The molecular weight excluding hydrogens is 310 g/mol. The van der Waals surface area contributed by atoms with Gasteiger partial charge in [0, 0.05) is 31.2 Å². The number of nitrogens with zero attached hydrogens (tertiary/aromatic N) is 2. The second-order valence-corrected chi connectivity index (χ2v) is 5.79. The van der Waals surface area contributed by atoms with Crippen LogP contribution in [0.5, 0.6) is 0 Å². The van der Waals surface area contributed by atoms with Crippen LogP contribution in [0.15, 0.2) is 79.0 Å². The summed E-state index contributed by atoms with van der Waals surface area (Å²) in [6, 6.07) is 23.5. The number of hydrogen-bond acceptors (Lipinski definition) is 3. The van der Waals surface area contributed by atoms with Gasteiger partial charge in [0.2, 0.25) is 0 Å². The summed E-state index contributed by atoms with van der Waals surface area (Å²) in [5.41, 5.74) is 3.45. The Morgan fingerprint density at radius 1 is 1.00 bits per heavy atom. The summed E-state index contributed by atoms with van der Waals surface area (Å²) in [7, 11) is 1.76. The average Bonchev–Trinajstić information content (AvgIpc) is 2.68. The summed E-state index contributed by atoms with van der Waals surface area (Å²) >= 11 is 0. The van der Waals surface area contributed by atoms with E-state index in [0.29, 0.717) is 5.69 Å². The largest absolute Gasteiger partial charge is 0.385 e. The van der Waals surface area contributed by atoms with Gasteiger partial charge in [0.25, 0.3) is 5.91 Å². The second-order valence-electron chi connectivity index (χ2n) is 5.79. The van der Waals surface area contributed by atoms with Crippen LogP contribution < -0.4 is 10.2 Å². The predicted octanol–water partition coefficient (Wildman–Crippen LogP) is 4.01. The Kier molecular flexibility index (Phi) is 5.42. The molecule has 0 atom stereocenters. The monoisotopic (exact) mass is 331 g/mol. The van der Waals surface area contributed by atoms with Crippen LogP contribution in [-0.4, -0.2) is 24.5 Å². The topological polar surface area (TPSA) is 45.2 Å². The number of hydrogen-bond donors (Lipinski definition) is 1. The standard InChI is InChI=1S/C21H21N3O/c1-24(19-10-6-3-7-11-19)21(25)20-16-18(13-15-23-20)22-14-12-17-8-4-2-5-9-17/h2-11,13,15-16H,12,14H2,1H3,(H,22,23). The van der Waals surface area contributed by atoms with Gasteiger partial charge in [0.1, 0.15) is 5.69 Å². The minimum absolute atomic E-state index is 0.127. The summed E-state index contributed by atoms with van der Waals surface area (Å²) < 4.78 is 0. The first-order chi connectivity index (χ1) is 12.2. The van der Waals surface area contributed by atoms with Gasteiger partial charge < -0.3 is 10.2 Å². The number of amides is 1. The van der Waals surface area contributed by atoms with Crippen LogP contribution in [0.4, 0.5) is 11.4 Å². The SMILES string of the molecule is CN(C(=O)c1cc(NCCc2ccccc2)ccn1)c1ccccc1. The maximum absolute atomic E-state index is 12.6. The highest BCUT2D eigenvalue weighted by Crippen LogP contribution is 2.16. The zero-order valence-corrected chi connectivity index (χ0v) is 14.2. The maximum Gasteiger partial charge on any atom is 0.276 e. The van der Waals surface area contributed by atoms with Crippen LogP contribution in [0.25, 0.3) is 0 Å². The molecule has 3 aromatic rings.